The topological polar surface area (TPSA) is 118 Å². The van der Waals surface area contributed by atoms with Crippen LogP contribution >= 0.6 is 24.0 Å². The van der Waals surface area contributed by atoms with Crippen molar-refractivity contribution in [2.24, 2.45) is 10.9 Å². The Kier molecular flexibility index (Phi) is 9.11. The van der Waals surface area contributed by atoms with E-state index in [9.17, 15) is 14.9 Å². The highest BCUT2D eigenvalue weighted by atomic mass is 127. The highest BCUT2D eigenvalue weighted by Gasteiger charge is 2.31. The lowest BCUT2D eigenvalue weighted by Crippen LogP contribution is -2.46. The molecular weight excluding hydrogens is 489 g/mol. The predicted octanol–water partition coefficient (Wildman–Crippen LogP) is 1.76. The SMILES string of the molecule is CN=C(NCCn1cc([N+](=O)[O-])cn1)NC1CCN(C(=O)C2CCCCC2)C1.I. The predicted molar refractivity (Wildman–Crippen MR) is 120 cm³/mol. The van der Waals surface area contributed by atoms with E-state index in [2.05, 4.69) is 20.7 Å². The molecular formula is C18H30IN7O3. The Balaban J connectivity index is 0.00000300. The molecule has 1 aromatic rings. The molecule has 1 aliphatic carbocycles. The van der Waals surface area contributed by atoms with Gasteiger partial charge in [-0.15, -0.1) is 24.0 Å². The average Bonchev–Trinajstić information content (AvgIpc) is 3.37. The van der Waals surface area contributed by atoms with Crippen molar-refractivity contribution in [1.82, 2.24) is 25.3 Å². The van der Waals surface area contributed by atoms with Crippen LogP contribution in [0.2, 0.25) is 0 Å². The molecule has 2 N–H and O–H groups in total. The Morgan fingerprint density at radius 1 is 1.34 bits per heavy atom. The van der Waals surface area contributed by atoms with Crippen LogP contribution in [0.25, 0.3) is 0 Å². The first-order chi connectivity index (χ1) is 13.6. The second kappa shape index (κ2) is 11.3. The fraction of sp³-hybridized carbons (Fsp3) is 0.722. The average molecular weight is 519 g/mol. The maximum Gasteiger partial charge on any atom is 0.306 e. The maximum absolute atomic E-state index is 12.7. The fourth-order valence-corrected chi connectivity index (χ4v) is 3.93. The number of amides is 1. The number of nitro groups is 1. The van der Waals surface area contributed by atoms with E-state index in [1.165, 1.54) is 36.3 Å². The fourth-order valence-electron chi connectivity index (χ4n) is 3.93. The van der Waals surface area contributed by atoms with Crippen molar-refractivity contribution in [3.05, 3.63) is 22.5 Å². The summed E-state index contributed by atoms with van der Waals surface area (Å²) in [6.45, 7) is 2.53. The summed E-state index contributed by atoms with van der Waals surface area (Å²) in [5.41, 5.74) is -0.0174. The summed E-state index contributed by atoms with van der Waals surface area (Å²) in [7, 11) is 1.70. The number of carbonyl (C=O) groups is 1. The number of likely N-dealkylation sites (tertiary alicyclic amines) is 1. The maximum atomic E-state index is 12.7. The van der Waals surface area contributed by atoms with Crippen molar-refractivity contribution in [1.29, 1.82) is 0 Å². The quantitative estimate of drug-likeness (QED) is 0.195. The van der Waals surface area contributed by atoms with E-state index < -0.39 is 4.92 Å². The molecule has 0 aromatic carbocycles. The molecule has 1 amide bonds. The summed E-state index contributed by atoms with van der Waals surface area (Å²) in [6, 6.07) is 0.185. The molecule has 2 aliphatic rings. The van der Waals surface area contributed by atoms with E-state index >= 15 is 0 Å². The minimum atomic E-state index is -0.460. The lowest BCUT2D eigenvalue weighted by molar-refractivity contribution is -0.385. The van der Waals surface area contributed by atoms with Crippen molar-refractivity contribution in [3.63, 3.8) is 0 Å². The van der Waals surface area contributed by atoms with Gasteiger partial charge < -0.3 is 15.5 Å². The molecule has 1 atom stereocenters. The molecule has 2 heterocycles. The molecule has 29 heavy (non-hydrogen) atoms. The largest absolute Gasteiger partial charge is 0.355 e. The lowest BCUT2D eigenvalue weighted by Gasteiger charge is -2.26. The van der Waals surface area contributed by atoms with E-state index in [-0.39, 0.29) is 41.6 Å². The van der Waals surface area contributed by atoms with Gasteiger partial charge in [-0.1, -0.05) is 19.3 Å². The normalized spacial score (nSPS) is 20.2. The summed E-state index contributed by atoms with van der Waals surface area (Å²) < 4.78 is 1.53. The van der Waals surface area contributed by atoms with Crippen LogP contribution in [0.1, 0.15) is 38.5 Å². The second-order valence-electron chi connectivity index (χ2n) is 7.47. The van der Waals surface area contributed by atoms with Gasteiger partial charge in [-0.3, -0.25) is 24.6 Å². The number of nitrogens with one attached hydrogen (secondary N) is 2. The minimum Gasteiger partial charge on any atom is -0.355 e. The van der Waals surface area contributed by atoms with Gasteiger partial charge >= 0.3 is 5.69 Å². The summed E-state index contributed by atoms with van der Waals surface area (Å²) in [5, 5.41) is 21.2. The Morgan fingerprint density at radius 2 is 2.10 bits per heavy atom. The van der Waals surface area contributed by atoms with Gasteiger partial charge in [0.25, 0.3) is 0 Å². The molecule has 162 valence electrons. The van der Waals surface area contributed by atoms with Crippen molar-refractivity contribution in [2.75, 3.05) is 26.7 Å². The van der Waals surface area contributed by atoms with Crippen molar-refractivity contribution >= 4 is 41.5 Å². The number of nitrogens with zero attached hydrogens (tertiary/aromatic N) is 5. The van der Waals surface area contributed by atoms with Crippen LogP contribution in [0.4, 0.5) is 5.69 Å². The molecule has 2 fully saturated rings. The first kappa shape index (κ1) is 23.4. The number of rotatable bonds is 6. The Labute approximate surface area is 187 Å². The number of aliphatic imine (C=N–C) groups is 1. The van der Waals surface area contributed by atoms with E-state index in [1.54, 1.807) is 7.05 Å². The van der Waals surface area contributed by atoms with Gasteiger partial charge in [-0.05, 0) is 19.3 Å². The Morgan fingerprint density at radius 3 is 2.76 bits per heavy atom. The standard InChI is InChI=1S/C18H29N7O3.HI/c1-19-18(20-8-10-24-13-16(11-21-24)25(27)28)22-15-7-9-23(12-15)17(26)14-5-3-2-4-6-14;/h11,13-15H,2-10,12H2,1H3,(H2,19,20,22);1H. The molecule has 3 rings (SSSR count). The third-order valence-corrected chi connectivity index (χ3v) is 5.48. The van der Waals surface area contributed by atoms with Gasteiger partial charge in [-0.25, -0.2) is 0 Å². The van der Waals surface area contributed by atoms with Crippen LogP contribution in [0.5, 0.6) is 0 Å². The number of hydrogen-bond donors (Lipinski definition) is 2. The molecule has 1 unspecified atom stereocenters. The molecule has 1 saturated heterocycles. The Bertz CT molecular complexity index is 718. The molecule has 1 aromatic heterocycles. The third-order valence-electron chi connectivity index (χ3n) is 5.48. The van der Waals surface area contributed by atoms with Gasteiger partial charge in [0.2, 0.25) is 5.91 Å². The van der Waals surface area contributed by atoms with Crippen molar-refractivity contribution < 1.29 is 9.72 Å². The molecule has 10 nitrogen and oxygen atoms in total. The first-order valence-electron chi connectivity index (χ1n) is 9.99. The lowest BCUT2D eigenvalue weighted by atomic mass is 9.88. The summed E-state index contributed by atoms with van der Waals surface area (Å²) >= 11 is 0. The smallest absolute Gasteiger partial charge is 0.306 e. The summed E-state index contributed by atoms with van der Waals surface area (Å²) in [6.07, 6.45) is 9.20. The summed E-state index contributed by atoms with van der Waals surface area (Å²) in [5.74, 6) is 1.19. The number of guanidine groups is 1. The molecule has 0 spiro atoms. The van der Waals surface area contributed by atoms with Crippen molar-refractivity contribution in [2.45, 2.75) is 51.1 Å². The van der Waals surface area contributed by atoms with E-state index in [1.807, 2.05) is 4.90 Å². The van der Waals surface area contributed by atoms with E-state index in [0.29, 0.717) is 31.5 Å². The van der Waals surface area contributed by atoms with Crippen LogP contribution in [0.15, 0.2) is 17.4 Å². The number of halogens is 1. The zero-order chi connectivity index (χ0) is 19.9. The first-order valence-corrected chi connectivity index (χ1v) is 9.99. The van der Waals surface area contributed by atoms with Crippen LogP contribution < -0.4 is 10.6 Å². The van der Waals surface area contributed by atoms with E-state index in [4.69, 9.17) is 0 Å². The number of aromatic nitrogens is 2. The third kappa shape index (κ3) is 6.54. The van der Waals surface area contributed by atoms with Gasteiger partial charge in [0, 0.05) is 38.6 Å². The molecule has 0 bridgehead atoms. The molecule has 1 aliphatic heterocycles. The van der Waals surface area contributed by atoms with Crippen LogP contribution in [-0.4, -0.2) is 64.2 Å². The minimum absolute atomic E-state index is 0. The monoisotopic (exact) mass is 519 g/mol. The van der Waals surface area contributed by atoms with Gasteiger partial charge in [0.05, 0.1) is 11.5 Å². The van der Waals surface area contributed by atoms with Crippen LogP contribution in [0, 0.1) is 16.0 Å². The number of hydrogen-bond acceptors (Lipinski definition) is 5. The second-order valence-corrected chi connectivity index (χ2v) is 7.47. The zero-order valence-electron chi connectivity index (χ0n) is 16.7. The van der Waals surface area contributed by atoms with Crippen molar-refractivity contribution in [3.8, 4) is 0 Å². The highest BCUT2D eigenvalue weighted by molar-refractivity contribution is 14.0. The number of carbonyl (C=O) groups excluding carboxylic acids is 1. The highest BCUT2D eigenvalue weighted by Crippen LogP contribution is 2.26. The Hall–Kier alpha value is -1.92. The molecule has 0 radical (unpaired) electrons. The van der Waals surface area contributed by atoms with Crippen LogP contribution in [-0.2, 0) is 11.3 Å². The van der Waals surface area contributed by atoms with Crippen LogP contribution in [0.3, 0.4) is 0 Å². The molecule has 1 saturated carbocycles. The molecule has 11 heteroatoms. The van der Waals surface area contributed by atoms with E-state index in [0.717, 1.165) is 25.8 Å². The summed E-state index contributed by atoms with van der Waals surface area (Å²) in [4.78, 5) is 29.1. The zero-order valence-corrected chi connectivity index (χ0v) is 19.1. The van der Waals surface area contributed by atoms with Gasteiger partial charge in [-0.2, -0.15) is 5.10 Å². The van der Waals surface area contributed by atoms with Gasteiger partial charge in [0.1, 0.15) is 12.4 Å². The van der Waals surface area contributed by atoms with Gasteiger partial charge in [0.15, 0.2) is 5.96 Å².